The summed E-state index contributed by atoms with van der Waals surface area (Å²) in [5.41, 5.74) is -0.128. The van der Waals surface area contributed by atoms with Crippen LogP contribution in [0.1, 0.15) is 18.4 Å². The third-order valence-corrected chi connectivity index (χ3v) is 3.71. The fourth-order valence-corrected chi connectivity index (χ4v) is 3.01. The molecule has 1 fully saturated rings. The fraction of sp³-hybridized carbons (Fsp3) is 0.455. The maximum absolute atomic E-state index is 10.4. The summed E-state index contributed by atoms with van der Waals surface area (Å²) in [4.78, 5) is 0. The number of phenols is 1. The Morgan fingerprint density at radius 1 is 1.14 bits per heavy atom. The molecule has 1 saturated heterocycles. The van der Waals surface area contributed by atoms with Gasteiger partial charge in [0.15, 0.2) is 0 Å². The van der Waals surface area contributed by atoms with Crippen LogP contribution in [0.2, 0.25) is 0 Å². The lowest BCUT2D eigenvalue weighted by Gasteiger charge is -2.32. The topological polar surface area (TPSA) is 40.5 Å². The normalized spacial score (nSPS) is 20.6. The van der Waals surface area contributed by atoms with E-state index in [1.807, 2.05) is 23.9 Å². The fourth-order valence-electron chi connectivity index (χ4n) is 1.85. The number of hydrogen-bond acceptors (Lipinski definition) is 3. The summed E-state index contributed by atoms with van der Waals surface area (Å²) in [5, 5.41) is 20.0. The van der Waals surface area contributed by atoms with E-state index in [0.29, 0.717) is 5.56 Å². The van der Waals surface area contributed by atoms with Crippen molar-refractivity contribution in [1.82, 2.24) is 0 Å². The standard InChI is InChI=1S/C11H14O2S/c12-10-4-2-1-3-9(10)11(13)5-7-14-8-6-11/h1-4,12-13H,5-8H2. The largest absolute Gasteiger partial charge is 0.508 e. The maximum atomic E-state index is 10.4. The number of hydrogen-bond donors (Lipinski definition) is 2. The number of phenolic OH excluding ortho intramolecular Hbond substituents is 1. The minimum Gasteiger partial charge on any atom is -0.508 e. The first-order chi connectivity index (χ1) is 6.72. The Hall–Kier alpha value is -0.670. The Labute approximate surface area is 88.0 Å². The molecule has 0 aromatic heterocycles. The molecule has 0 bridgehead atoms. The van der Waals surface area contributed by atoms with E-state index in [2.05, 4.69) is 0 Å². The van der Waals surface area contributed by atoms with Crippen LogP contribution in [0, 0.1) is 0 Å². The molecule has 0 spiro atoms. The van der Waals surface area contributed by atoms with Crippen LogP contribution in [0.15, 0.2) is 24.3 Å². The van der Waals surface area contributed by atoms with Gasteiger partial charge in [0.05, 0.1) is 5.60 Å². The van der Waals surface area contributed by atoms with Gasteiger partial charge < -0.3 is 10.2 Å². The van der Waals surface area contributed by atoms with E-state index in [1.165, 1.54) is 0 Å². The van der Waals surface area contributed by atoms with E-state index in [9.17, 15) is 10.2 Å². The zero-order valence-corrected chi connectivity index (χ0v) is 8.76. The van der Waals surface area contributed by atoms with Crippen LogP contribution in [-0.2, 0) is 5.60 Å². The summed E-state index contributed by atoms with van der Waals surface area (Å²) in [6.07, 6.45) is 1.46. The quantitative estimate of drug-likeness (QED) is 0.746. The molecule has 14 heavy (non-hydrogen) atoms. The van der Waals surface area contributed by atoms with Crippen LogP contribution < -0.4 is 0 Å². The van der Waals surface area contributed by atoms with Crippen molar-refractivity contribution in [1.29, 1.82) is 0 Å². The van der Waals surface area contributed by atoms with Crippen molar-refractivity contribution in [3.8, 4) is 5.75 Å². The second-order valence-electron chi connectivity index (χ2n) is 3.66. The second kappa shape index (κ2) is 3.83. The number of thioether (sulfide) groups is 1. The van der Waals surface area contributed by atoms with E-state index in [-0.39, 0.29) is 5.75 Å². The number of aromatic hydroxyl groups is 1. The predicted molar refractivity (Wildman–Crippen MR) is 58.6 cm³/mol. The van der Waals surface area contributed by atoms with Gasteiger partial charge >= 0.3 is 0 Å². The van der Waals surface area contributed by atoms with E-state index in [0.717, 1.165) is 24.3 Å². The Bertz CT molecular complexity index is 319. The first-order valence-electron chi connectivity index (χ1n) is 4.81. The third kappa shape index (κ3) is 1.74. The Kier molecular flexibility index (Phi) is 2.70. The van der Waals surface area contributed by atoms with Gasteiger partial charge in [-0.3, -0.25) is 0 Å². The van der Waals surface area contributed by atoms with E-state index >= 15 is 0 Å². The van der Waals surface area contributed by atoms with Gasteiger partial charge in [-0.1, -0.05) is 18.2 Å². The number of benzene rings is 1. The Morgan fingerprint density at radius 3 is 2.43 bits per heavy atom. The summed E-state index contributed by atoms with van der Waals surface area (Å²) in [7, 11) is 0. The molecule has 2 N–H and O–H groups in total. The van der Waals surface area contributed by atoms with Gasteiger partial charge in [-0.2, -0.15) is 11.8 Å². The SMILES string of the molecule is Oc1ccccc1C1(O)CCSCC1. The van der Waals surface area contributed by atoms with E-state index < -0.39 is 5.60 Å². The highest BCUT2D eigenvalue weighted by molar-refractivity contribution is 7.99. The number of rotatable bonds is 1. The Balaban J connectivity index is 2.32. The van der Waals surface area contributed by atoms with Gasteiger partial charge in [-0.05, 0) is 30.4 Å². The highest BCUT2D eigenvalue weighted by Gasteiger charge is 2.33. The zero-order chi connectivity index (χ0) is 10.0. The predicted octanol–water partition coefficient (Wildman–Crippen LogP) is 2.11. The van der Waals surface area contributed by atoms with Gasteiger partial charge in [0.1, 0.15) is 5.75 Å². The van der Waals surface area contributed by atoms with Crippen molar-refractivity contribution in [2.24, 2.45) is 0 Å². The van der Waals surface area contributed by atoms with E-state index in [1.54, 1.807) is 12.1 Å². The van der Waals surface area contributed by atoms with Gasteiger partial charge in [-0.15, -0.1) is 0 Å². The molecule has 0 atom stereocenters. The molecule has 1 aliphatic heterocycles. The molecule has 1 aromatic carbocycles. The molecule has 1 aromatic rings. The molecular weight excluding hydrogens is 196 g/mol. The van der Waals surface area contributed by atoms with Gasteiger partial charge in [0.25, 0.3) is 0 Å². The summed E-state index contributed by atoms with van der Waals surface area (Å²) in [6.45, 7) is 0. The Morgan fingerprint density at radius 2 is 1.79 bits per heavy atom. The molecule has 2 rings (SSSR count). The lowest BCUT2D eigenvalue weighted by Crippen LogP contribution is -2.30. The molecule has 0 amide bonds. The van der Waals surface area contributed by atoms with Crippen molar-refractivity contribution in [3.63, 3.8) is 0 Å². The van der Waals surface area contributed by atoms with Crippen molar-refractivity contribution in [2.75, 3.05) is 11.5 Å². The minimum atomic E-state index is -0.809. The van der Waals surface area contributed by atoms with Crippen molar-refractivity contribution >= 4 is 11.8 Å². The second-order valence-corrected chi connectivity index (χ2v) is 4.89. The molecule has 0 saturated carbocycles. The molecule has 1 heterocycles. The molecule has 1 aliphatic rings. The van der Waals surface area contributed by atoms with Gasteiger partial charge in [-0.25, -0.2) is 0 Å². The van der Waals surface area contributed by atoms with Crippen molar-refractivity contribution in [2.45, 2.75) is 18.4 Å². The minimum absolute atomic E-state index is 0.210. The molecule has 76 valence electrons. The van der Waals surface area contributed by atoms with Gasteiger partial charge in [0.2, 0.25) is 0 Å². The molecule has 3 heteroatoms. The average Bonchev–Trinajstić information content (AvgIpc) is 2.19. The molecular formula is C11H14O2S. The summed E-state index contributed by atoms with van der Waals surface area (Å²) >= 11 is 1.86. The summed E-state index contributed by atoms with van der Waals surface area (Å²) in [6, 6.07) is 7.08. The summed E-state index contributed by atoms with van der Waals surface area (Å²) < 4.78 is 0. The van der Waals surface area contributed by atoms with Gasteiger partial charge in [0, 0.05) is 5.56 Å². The number of para-hydroxylation sites is 1. The molecule has 0 radical (unpaired) electrons. The molecule has 0 aliphatic carbocycles. The third-order valence-electron chi connectivity index (χ3n) is 2.73. The molecule has 2 nitrogen and oxygen atoms in total. The highest BCUT2D eigenvalue weighted by atomic mass is 32.2. The van der Waals surface area contributed by atoms with Crippen molar-refractivity contribution < 1.29 is 10.2 Å². The first-order valence-corrected chi connectivity index (χ1v) is 5.96. The van der Waals surface area contributed by atoms with Crippen LogP contribution in [0.5, 0.6) is 5.75 Å². The smallest absolute Gasteiger partial charge is 0.121 e. The summed E-state index contributed by atoms with van der Waals surface area (Å²) in [5.74, 6) is 2.14. The van der Waals surface area contributed by atoms with E-state index in [4.69, 9.17) is 0 Å². The highest BCUT2D eigenvalue weighted by Crippen LogP contribution is 2.39. The lowest BCUT2D eigenvalue weighted by molar-refractivity contribution is 0.0258. The van der Waals surface area contributed by atoms with Crippen LogP contribution in [0.3, 0.4) is 0 Å². The van der Waals surface area contributed by atoms with Crippen LogP contribution in [-0.4, -0.2) is 21.7 Å². The number of aliphatic hydroxyl groups is 1. The van der Waals surface area contributed by atoms with Crippen LogP contribution in [0.25, 0.3) is 0 Å². The monoisotopic (exact) mass is 210 g/mol. The van der Waals surface area contributed by atoms with Crippen LogP contribution in [0.4, 0.5) is 0 Å². The first kappa shape index (κ1) is 9.87. The zero-order valence-electron chi connectivity index (χ0n) is 7.94. The molecule has 0 unspecified atom stereocenters. The average molecular weight is 210 g/mol. The van der Waals surface area contributed by atoms with Crippen molar-refractivity contribution in [3.05, 3.63) is 29.8 Å². The maximum Gasteiger partial charge on any atom is 0.121 e. The van der Waals surface area contributed by atoms with Crippen LogP contribution >= 0.6 is 11.8 Å². The lowest BCUT2D eigenvalue weighted by atomic mass is 9.87.